The first-order valence-electron chi connectivity index (χ1n) is 23.2. The van der Waals surface area contributed by atoms with E-state index < -0.39 is 5.41 Å². The lowest BCUT2D eigenvalue weighted by Crippen LogP contribution is -2.41. The van der Waals surface area contributed by atoms with E-state index in [1.807, 2.05) is 11.3 Å². The summed E-state index contributed by atoms with van der Waals surface area (Å²) in [7, 11) is 0.793. The number of hydrogen-bond acceptors (Lipinski definition) is 4. The van der Waals surface area contributed by atoms with E-state index in [-0.39, 0.29) is 10.8 Å². The van der Waals surface area contributed by atoms with Crippen LogP contribution in [0.25, 0.3) is 43.2 Å². The molecule has 13 rings (SSSR count). The van der Waals surface area contributed by atoms with Crippen LogP contribution in [0.5, 0.6) is 0 Å². The van der Waals surface area contributed by atoms with Crippen LogP contribution in [0.3, 0.4) is 0 Å². The highest BCUT2D eigenvalue weighted by molar-refractivity contribution is 7.25. The standard InChI is InChI=1S/C60H49BN2OS/c1-36-33-45-46(59(4,5)32-31-58(45,2)3)35-48(36)63-56-52-40-23-12-16-29-49(40)64-50(52)34-42(53(56)61-54-41-24-13-17-30-51(41)65-57(54)63)39-25-18-27-44-55(39)62-47-28-15-14-26-43(47)60(44,37-19-8-6-9-20-37)38-21-10-7-11-22-38/h6-30,33-35,61-62H,31-32H2,1-5H3. The van der Waals surface area contributed by atoms with Crippen LogP contribution in [0.4, 0.5) is 27.8 Å². The summed E-state index contributed by atoms with van der Waals surface area (Å²) in [4.78, 5) is 2.66. The van der Waals surface area contributed by atoms with Gasteiger partial charge in [-0.15, -0.1) is 11.3 Å². The molecule has 1 N–H and O–H groups in total. The summed E-state index contributed by atoms with van der Waals surface area (Å²) in [5, 5.41) is 9.03. The van der Waals surface area contributed by atoms with Crippen LogP contribution < -0.4 is 21.1 Å². The van der Waals surface area contributed by atoms with Gasteiger partial charge in [0.05, 0.1) is 32.9 Å². The molecule has 10 aromatic rings. The average molecular weight is 857 g/mol. The molecule has 4 heterocycles. The Morgan fingerprint density at radius 2 is 1.20 bits per heavy atom. The molecule has 0 saturated heterocycles. The van der Waals surface area contributed by atoms with E-state index in [1.165, 1.54) is 99.3 Å². The Labute approximate surface area is 385 Å². The van der Waals surface area contributed by atoms with Crippen molar-refractivity contribution in [3.8, 4) is 11.1 Å². The third-order valence-electron chi connectivity index (χ3n) is 15.4. The molecule has 3 aliphatic rings. The molecule has 65 heavy (non-hydrogen) atoms. The van der Waals surface area contributed by atoms with Crippen LogP contribution in [-0.2, 0) is 16.2 Å². The van der Waals surface area contributed by atoms with Crippen molar-refractivity contribution in [2.75, 3.05) is 10.2 Å². The maximum Gasteiger partial charge on any atom is 0.200 e. The zero-order valence-electron chi connectivity index (χ0n) is 37.6. The minimum Gasteiger partial charge on any atom is -0.456 e. The van der Waals surface area contributed by atoms with Crippen molar-refractivity contribution in [3.63, 3.8) is 0 Å². The third kappa shape index (κ3) is 5.42. The normalized spacial score (nSPS) is 16.2. The van der Waals surface area contributed by atoms with E-state index in [2.05, 4.69) is 215 Å². The molecule has 5 heteroatoms. The monoisotopic (exact) mass is 856 g/mol. The van der Waals surface area contributed by atoms with Crippen molar-refractivity contribution in [3.05, 3.63) is 209 Å². The topological polar surface area (TPSA) is 28.4 Å². The van der Waals surface area contributed by atoms with E-state index in [4.69, 9.17) is 4.42 Å². The van der Waals surface area contributed by atoms with Gasteiger partial charge in [0, 0.05) is 21.3 Å². The van der Waals surface area contributed by atoms with Gasteiger partial charge >= 0.3 is 0 Å². The molecule has 0 radical (unpaired) electrons. The molecular weight excluding hydrogens is 808 g/mol. The summed E-state index contributed by atoms with van der Waals surface area (Å²) < 4.78 is 8.34. The van der Waals surface area contributed by atoms with Crippen LogP contribution in [0.1, 0.15) is 79.5 Å². The number of rotatable bonds is 4. The third-order valence-corrected chi connectivity index (χ3v) is 16.6. The highest BCUT2D eigenvalue weighted by Crippen LogP contribution is 2.57. The first kappa shape index (κ1) is 38.6. The van der Waals surface area contributed by atoms with Gasteiger partial charge in [0.1, 0.15) is 11.2 Å². The Kier molecular flexibility index (Phi) is 8.23. The average Bonchev–Trinajstić information content (AvgIpc) is 3.90. The van der Waals surface area contributed by atoms with Crippen molar-refractivity contribution in [1.29, 1.82) is 0 Å². The fourth-order valence-corrected chi connectivity index (χ4v) is 13.3. The summed E-state index contributed by atoms with van der Waals surface area (Å²) >= 11 is 1.92. The van der Waals surface area contributed by atoms with Crippen molar-refractivity contribution >= 4 is 89.3 Å². The summed E-state index contributed by atoms with van der Waals surface area (Å²) in [6, 6.07) is 63.2. The highest BCUT2D eigenvalue weighted by Gasteiger charge is 2.46. The first-order chi connectivity index (χ1) is 31.6. The molecule has 0 bridgehead atoms. The number of fused-ring (bicyclic) bond motifs is 11. The minimum atomic E-state index is -0.581. The molecule has 1 aliphatic carbocycles. The SMILES string of the molecule is Cc1cc2c(cc1N1c3sc4ccccc4c3Bc3c(-c4cccc5c4Nc4ccccc4C5(c4ccccc4)c4ccccc4)cc4oc5ccccc5c4c31)C(C)(C)CCC2(C)C. The molecule has 0 atom stereocenters. The lowest BCUT2D eigenvalue weighted by molar-refractivity contribution is 0.332. The molecule has 3 nitrogen and oxygen atoms in total. The number of nitrogens with zero attached hydrogens (tertiary/aromatic N) is 1. The Bertz CT molecular complexity index is 3540. The minimum absolute atomic E-state index is 0.0451. The summed E-state index contributed by atoms with van der Waals surface area (Å²) in [6.07, 6.45) is 2.34. The van der Waals surface area contributed by atoms with Gasteiger partial charge in [-0.2, -0.15) is 0 Å². The quantitative estimate of drug-likeness (QED) is 0.179. The van der Waals surface area contributed by atoms with Crippen molar-refractivity contribution in [2.45, 2.75) is 63.7 Å². The molecule has 8 aromatic carbocycles. The zero-order chi connectivity index (χ0) is 43.8. The summed E-state index contributed by atoms with van der Waals surface area (Å²) in [5.41, 5.74) is 20.3. The van der Waals surface area contributed by atoms with E-state index in [1.54, 1.807) is 0 Å². The van der Waals surface area contributed by atoms with Crippen LogP contribution >= 0.6 is 11.3 Å². The van der Waals surface area contributed by atoms with E-state index in [0.717, 1.165) is 41.6 Å². The van der Waals surface area contributed by atoms with Crippen LogP contribution in [0.15, 0.2) is 174 Å². The Morgan fingerprint density at radius 1 is 0.569 bits per heavy atom. The number of hydrogen-bond donors (Lipinski definition) is 1. The van der Waals surface area contributed by atoms with Crippen LogP contribution in [-0.4, -0.2) is 7.28 Å². The Morgan fingerprint density at radius 3 is 1.95 bits per heavy atom. The summed E-state index contributed by atoms with van der Waals surface area (Å²) in [6.45, 7) is 12.1. The first-order valence-corrected chi connectivity index (χ1v) is 24.0. The second-order valence-electron chi connectivity index (χ2n) is 19.9. The Balaban J connectivity index is 1.16. The number of furan rings is 1. The van der Waals surface area contributed by atoms with E-state index in [0.29, 0.717) is 0 Å². The maximum atomic E-state index is 7.03. The molecule has 0 saturated carbocycles. The molecule has 0 amide bonds. The highest BCUT2D eigenvalue weighted by atomic mass is 32.1. The second kappa shape index (κ2) is 13.8. The molecule has 2 aliphatic heterocycles. The predicted octanol–water partition coefficient (Wildman–Crippen LogP) is 14.7. The number of aryl methyl sites for hydroxylation is 1. The predicted molar refractivity (Wildman–Crippen MR) is 277 cm³/mol. The largest absolute Gasteiger partial charge is 0.456 e. The lowest BCUT2D eigenvalue weighted by atomic mass is 9.57. The number of anilines is 5. The van der Waals surface area contributed by atoms with Crippen molar-refractivity contribution < 1.29 is 4.42 Å². The fraction of sp³-hybridized carbons (Fsp3) is 0.167. The maximum absolute atomic E-state index is 7.03. The van der Waals surface area contributed by atoms with Gasteiger partial charge in [0.2, 0.25) is 7.28 Å². The zero-order valence-corrected chi connectivity index (χ0v) is 38.4. The Hall–Kier alpha value is -6.82. The smallest absolute Gasteiger partial charge is 0.200 e. The van der Waals surface area contributed by atoms with Crippen molar-refractivity contribution in [2.24, 2.45) is 0 Å². The van der Waals surface area contributed by atoms with Gasteiger partial charge in [-0.1, -0.05) is 167 Å². The van der Waals surface area contributed by atoms with Crippen LogP contribution in [0.2, 0.25) is 0 Å². The second-order valence-corrected chi connectivity index (χ2v) is 21.0. The number of nitrogens with one attached hydrogen (secondary N) is 1. The van der Waals surface area contributed by atoms with Gasteiger partial charge < -0.3 is 14.6 Å². The molecule has 314 valence electrons. The molecular formula is C60H49BN2OS. The number of benzene rings is 8. The van der Waals surface area contributed by atoms with Gasteiger partial charge in [0.15, 0.2) is 0 Å². The van der Waals surface area contributed by atoms with Gasteiger partial charge in [0.25, 0.3) is 0 Å². The van der Waals surface area contributed by atoms with E-state index in [9.17, 15) is 0 Å². The van der Waals surface area contributed by atoms with Gasteiger partial charge in [-0.3, -0.25) is 0 Å². The lowest BCUT2D eigenvalue weighted by Gasteiger charge is -2.44. The van der Waals surface area contributed by atoms with Gasteiger partial charge in [-0.25, -0.2) is 0 Å². The fourth-order valence-electron chi connectivity index (χ4n) is 12.1. The molecule has 0 spiro atoms. The molecule has 2 aromatic heterocycles. The number of thiophene rings is 1. The number of para-hydroxylation sites is 3. The van der Waals surface area contributed by atoms with Crippen molar-refractivity contribution in [1.82, 2.24) is 0 Å². The van der Waals surface area contributed by atoms with Gasteiger partial charge in [-0.05, 0) is 122 Å². The van der Waals surface area contributed by atoms with E-state index >= 15 is 0 Å². The molecule has 0 unspecified atom stereocenters. The van der Waals surface area contributed by atoms with Crippen LogP contribution in [0, 0.1) is 6.92 Å². The molecule has 0 fully saturated rings. The summed E-state index contributed by atoms with van der Waals surface area (Å²) in [5.74, 6) is 0.